The summed E-state index contributed by atoms with van der Waals surface area (Å²) < 4.78 is 34.1. The van der Waals surface area contributed by atoms with E-state index in [0.29, 0.717) is 13.2 Å². The quantitative estimate of drug-likeness (QED) is 0.827. The van der Waals surface area contributed by atoms with Crippen LogP contribution in [-0.4, -0.2) is 26.6 Å². The lowest BCUT2D eigenvalue weighted by atomic mass is 9.88. The number of halogens is 2. The molecule has 0 aliphatic carbocycles. The zero-order chi connectivity index (χ0) is 17.9. The number of sulfonamides is 1. The lowest BCUT2D eigenvalue weighted by Gasteiger charge is -2.31. The number of benzene rings is 1. The Hall–Kier alpha value is -1.18. The van der Waals surface area contributed by atoms with E-state index >= 15 is 0 Å². The van der Waals surface area contributed by atoms with Gasteiger partial charge in [0.2, 0.25) is 10.0 Å². The highest BCUT2D eigenvalue weighted by atomic mass is 35.5. The number of aromatic nitrogens is 1. The van der Waals surface area contributed by atoms with Crippen LogP contribution in [0.4, 0.5) is 0 Å². The molecule has 2 heterocycles. The summed E-state index contributed by atoms with van der Waals surface area (Å²) in [5, 5.41) is 0.189. The van der Waals surface area contributed by atoms with Crippen molar-refractivity contribution >= 4 is 33.2 Å². The molecule has 0 spiro atoms. The van der Waals surface area contributed by atoms with Crippen molar-refractivity contribution in [2.75, 3.05) is 13.2 Å². The molecule has 25 heavy (non-hydrogen) atoms. The second kappa shape index (κ2) is 8.01. The Morgan fingerprint density at radius 3 is 2.40 bits per heavy atom. The van der Waals surface area contributed by atoms with Crippen LogP contribution in [0.15, 0.2) is 47.6 Å². The molecule has 0 saturated carbocycles. The molecule has 1 aliphatic rings. The number of pyridine rings is 1. The first kappa shape index (κ1) is 18.6. The number of ether oxygens (including phenoxy) is 1. The van der Waals surface area contributed by atoms with E-state index in [9.17, 15) is 8.42 Å². The smallest absolute Gasteiger partial charge is 0.244 e. The average Bonchev–Trinajstić information content (AvgIpc) is 2.61. The van der Waals surface area contributed by atoms with Gasteiger partial charge in [0.1, 0.15) is 4.90 Å². The Balaban J connectivity index is 1.97. The minimum Gasteiger partial charge on any atom is -0.381 e. The number of nitrogens with zero attached hydrogens (tertiary/aromatic N) is 1. The van der Waals surface area contributed by atoms with Gasteiger partial charge in [-0.25, -0.2) is 13.1 Å². The van der Waals surface area contributed by atoms with Crippen molar-refractivity contribution in [2.24, 2.45) is 5.92 Å². The zero-order valence-corrected chi connectivity index (χ0v) is 15.7. The topological polar surface area (TPSA) is 68.3 Å². The second-order valence-electron chi connectivity index (χ2n) is 5.89. The van der Waals surface area contributed by atoms with Crippen LogP contribution in [0.25, 0.3) is 0 Å². The molecule has 0 amide bonds. The molecule has 1 saturated heterocycles. The van der Waals surface area contributed by atoms with Gasteiger partial charge in [0.15, 0.2) is 0 Å². The maximum atomic E-state index is 13.0. The molecule has 1 aromatic carbocycles. The van der Waals surface area contributed by atoms with Crippen molar-refractivity contribution in [3.8, 4) is 0 Å². The molecule has 0 bridgehead atoms. The van der Waals surface area contributed by atoms with Gasteiger partial charge in [-0.2, -0.15) is 0 Å². The molecule has 8 heteroatoms. The summed E-state index contributed by atoms with van der Waals surface area (Å²) in [6, 6.07) is 7.86. The highest BCUT2D eigenvalue weighted by molar-refractivity contribution is 7.89. The fourth-order valence-corrected chi connectivity index (χ4v) is 5.45. The van der Waals surface area contributed by atoms with Crippen molar-refractivity contribution < 1.29 is 13.2 Å². The molecule has 3 rings (SSSR count). The van der Waals surface area contributed by atoms with Crippen LogP contribution in [0.2, 0.25) is 10.0 Å². The summed E-state index contributed by atoms with van der Waals surface area (Å²) in [6.45, 7) is 1.21. The highest BCUT2D eigenvalue weighted by Crippen LogP contribution is 2.34. The van der Waals surface area contributed by atoms with Crippen molar-refractivity contribution in [2.45, 2.75) is 23.8 Å². The van der Waals surface area contributed by atoms with Crippen molar-refractivity contribution in [1.82, 2.24) is 9.71 Å². The van der Waals surface area contributed by atoms with Crippen LogP contribution in [-0.2, 0) is 14.8 Å². The molecule has 0 radical (unpaired) electrons. The summed E-state index contributed by atoms with van der Waals surface area (Å²) in [4.78, 5) is 4.02. The number of nitrogens with one attached hydrogen (secondary N) is 1. The van der Waals surface area contributed by atoms with E-state index in [2.05, 4.69) is 9.71 Å². The Kier molecular flexibility index (Phi) is 5.96. The van der Waals surface area contributed by atoms with E-state index in [1.165, 1.54) is 12.1 Å². The van der Waals surface area contributed by atoms with Gasteiger partial charge in [-0.3, -0.25) is 4.98 Å². The van der Waals surface area contributed by atoms with Crippen molar-refractivity contribution in [1.29, 1.82) is 0 Å². The third kappa shape index (κ3) is 4.33. The van der Waals surface area contributed by atoms with Crippen LogP contribution >= 0.6 is 23.2 Å². The van der Waals surface area contributed by atoms with E-state index in [1.54, 1.807) is 24.5 Å². The van der Waals surface area contributed by atoms with Crippen LogP contribution in [0.1, 0.15) is 24.4 Å². The predicted octanol–water partition coefficient (Wildman–Crippen LogP) is 3.83. The van der Waals surface area contributed by atoms with E-state index in [1.807, 2.05) is 6.07 Å². The minimum absolute atomic E-state index is 0.0944. The molecule has 1 aliphatic heterocycles. The van der Waals surface area contributed by atoms with Gasteiger partial charge in [0.05, 0.1) is 16.1 Å². The van der Waals surface area contributed by atoms with E-state index in [0.717, 1.165) is 18.4 Å². The first-order valence-corrected chi connectivity index (χ1v) is 10.2. The van der Waals surface area contributed by atoms with Crippen molar-refractivity contribution in [3.63, 3.8) is 0 Å². The van der Waals surface area contributed by atoms with E-state index in [-0.39, 0.29) is 20.9 Å². The largest absolute Gasteiger partial charge is 0.381 e. The normalized spacial score (nSPS) is 17.4. The summed E-state index contributed by atoms with van der Waals surface area (Å²) in [6.07, 6.45) is 4.86. The molecular formula is C17H18Cl2N2O3S. The third-order valence-electron chi connectivity index (χ3n) is 4.25. The van der Waals surface area contributed by atoms with Crippen LogP contribution in [0.3, 0.4) is 0 Å². The predicted molar refractivity (Wildman–Crippen MR) is 97.3 cm³/mol. The Labute approximate surface area is 157 Å². The van der Waals surface area contributed by atoms with Gasteiger partial charge in [0.25, 0.3) is 0 Å². The lowest BCUT2D eigenvalue weighted by molar-refractivity contribution is 0.0564. The van der Waals surface area contributed by atoms with Crippen molar-refractivity contribution in [3.05, 3.63) is 58.3 Å². The van der Waals surface area contributed by atoms with Gasteiger partial charge in [0, 0.05) is 25.6 Å². The molecule has 1 fully saturated rings. The molecule has 2 aromatic rings. The first-order chi connectivity index (χ1) is 12.0. The minimum atomic E-state index is -3.90. The third-order valence-corrected chi connectivity index (χ3v) is 6.65. The number of hydrogen-bond donors (Lipinski definition) is 1. The van der Waals surface area contributed by atoms with Crippen LogP contribution < -0.4 is 4.72 Å². The van der Waals surface area contributed by atoms with E-state index in [4.69, 9.17) is 27.9 Å². The Bertz CT molecular complexity index is 805. The molecule has 1 aromatic heterocycles. The SMILES string of the molecule is O=S(=O)(NC(c1cccnc1)C1CCOCC1)c1c(Cl)cccc1Cl. The number of hydrogen-bond acceptors (Lipinski definition) is 4. The summed E-state index contributed by atoms with van der Waals surface area (Å²) >= 11 is 12.2. The van der Waals surface area contributed by atoms with Crippen LogP contribution in [0, 0.1) is 5.92 Å². The molecular weight excluding hydrogens is 383 g/mol. The monoisotopic (exact) mass is 400 g/mol. The lowest BCUT2D eigenvalue weighted by Crippen LogP contribution is -2.36. The van der Waals surface area contributed by atoms with E-state index < -0.39 is 16.1 Å². The highest BCUT2D eigenvalue weighted by Gasteiger charge is 2.32. The first-order valence-electron chi connectivity index (χ1n) is 7.93. The zero-order valence-electron chi connectivity index (χ0n) is 13.4. The molecule has 1 N–H and O–H groups in total. The molecule has 134 valence electrons. The Morgan fingerprint density at radius 2 is 1.80 bits per heavy atom. The second-order valence-corrected chi connectivity index (χ2v) is 8.35. The van der Waals surface area contributed by atoms with Gasteiger partial charge in [-0.1, -0.05) is 35.3 Å². The summed E-state index contributed by atoms with van der Waals surface area (Å²) in [5.41, 5.74) is 0.807. The van der Waals surface area contributed by atoms with Crippen LogP contribution in [0.5, 0.6) is 0 Å². The summed E-state index contributed by atoms with van der Waals surface area (Å²) in [7, 11) is -3.90. The van der Waals surface area contributed by atoms with Gasteiger partial charge >= 0.3 is 0 Å². The standard InChI is InChI=1S/C17H18Cl2N2O3S/c18-14-4-1-5-15(19)17(14)25(22,23)21-16(12-6-9-24-10-7-12)13-3-2-8-20-11-13/h1-5,8,11-12,16,21H,6-7,9-10H2. The average molecular weight is 401 g/mol. The molecule has 1 atom stereocenters. The maximum absolute atomic E-state index is 13.0. The number of rotatable bonds is 5. The fourth-order valence-electron chi connectivity index (χ4n) is 3.01. The Morgan fingerprint density at radius 1 is 1.12 bits per heavy atom. The fraction of sp³-hybridized carbons (Fsp3) is 0.353. The molecule has 5 nitrogen and oxygen atoms in total. The summed E-state index contributed by atoms with van der Waals surface area (Å²) in [5.74, 6) is 0.106. The van der Waals surface area contributed by atoms with Gasteiger partial charge in [-0.05, 0) is 42.5 Å². The molecule has 1 unspecified atom stereocenters. The maximum Gasteiger partial charge on any atom is 0.244 e. The van der Waals surface area contributed by atoms with Gasteiger partial charge in [-0.15, -0.1) is 0 Å². The van der Waals surface area contributed by atoms with Gasteiger partial charge < -0.3 is 4.74 Å².